The van der Waals surface area contributed by atoms with Gasteiger partial charge in [-0.25, -0.2) is 0 Å². The average Bonchev–Trinajstić information content (AvgIpc) is 3.40. The highest BCUT2D eigenvalue weighted by atomic mass is 16.5. The molecular weight excluding hydrogens is 346 g/mol. The number of nitrogens with one attached hydrogen (secondary N) is 1. The van der Waals surface area contributed by atoms with Gasteiger partial charge in [0.15, 0.2) is 11.5 Å². The van der Waals surface area contributed by atoms with E-state index in [0.29, 0.717) is 23.3 Å². The van der Waals surface area contributed by atoms with Crippen LogP contribution in [0.5, 0.6) is 0 Å². The van der Waals surface area contributed by atoms with Crippen LogP contribution in [0.3, 0.4) is 0 Å². The van der Waals surface area contributed by atoms with Gasteiger partial charge in [0.05, 0.1) is 12.4 Å². The summed E-state index contributed by atoms with van der Waals surface area (Å²) >= 11 is 0. The van der Waals surface area contributed by atoms with E-state index in [4.69, 9.17) is 13.7 Å². The van der Waals surface area contributed by atoms with Crippen LogP contribution in [0.1, 0.15) is 23.3 Å². The first kappa shape index (κ1) is 17.4. The van der Waals surface area contributed by atoms with E-state index in [9.17, 15) is 4.79 Å². The van der Waals surface area contributed by atoms with Crippen LogP contribution in [0, 0.1) is 0 Å². The van der Waals surface area contributed by atoms with Crippen molar-refractivity contribution in [3.63, 3.8) is 0 Å². The zero-order valence-electron chi connectivity index (χ0n) is 15.1. The quantitative estimate of drug-likeness (QED) is 0.739. The number of amides is 1. The highest BCUT2D eigenvalue weighted by molar-refractivity contribution is 6.03. The lowest BCUT2D eigenvalue weighted by atomic mass is 10.1. The van der Waals surface area contributed by atoms with Gasteiger partial charge in [-0.3, -0.25) is 4.79 Å². The minimum absolute atomic E-state index is 0.201. The van der Waals surface area contributed by atoms with Gasteiger partial charge in [0.1, 0.15) is 0 Å². The van der Waals surface area contributed by atoms with E-state index in [1.165, 1.54) is 6.26 Å². The van der Waals surface area contributed by atoms with E-state index in [1.54, 1.807) is 25.3 Å². The third-order valence-electron chi connectivity index (χ3n) is 4.77. The second kappa shape index (κ2) is 7.67. The van der Waals surface area contributed by atoms with Crippen LogP contribution in [0.2, 0.25) is 0 Å². The molecule has 2 aromatic heterocycles. The molecular formula is C20H21N3O4. The van der Waals surface area contributed by atoms with Gasteiger partial charge in [0.25, 0.3) is 5.91 Å². The standard InChI is InChI=1S/C20H21N3O4/c1-25-16-8-10-23(11-9-16)15-6-4-14(5-7-15)21-20(24)17-13-19(27-22-17)18-3-2-12-26-18/h2-7,12-13,16H,8-11H2,1H3,(H,21,24). The summed E-state index contributed by atoms with van der Waals surface area (Å²) in [5, 5.41) is 6.64. The molecule has 1 N–H and O–H groups in total. The summed E-state index contributed by atoms with van der Waals surface area (Å²) in [5.41, 5.74) is 2.05. The largest absolute Gasteiger partial charge is 0.461 e. The van der Waals surface area contributed by atoms with Crippen LogP contribution in [0.4, 0.5) is 11.4 Å². The summed E-state index contributed by atoms with van der Waals surface area (Å²) in [6.07, 6.45) is 3.95. The molecule has 1 aliphatic heterocycles. The number of hydrogen-bond acceptors (Lipinski definition) is 6. The predicted octanol–water partition coefficient (Wildman–Crippen LogP) is 3.80. The lowest BCUT2D eigenvalue weighted by molar-refractivity contribution is 0.0819. The molecule has 140 valence electrons. The maximum absolute atomic E-state index is 12.4. The molecule has 1 fully saturated rings. The minimum atomic E-state index is -0.329. The molecule has 27 heavy (non-hydrogen) atoms. The van der Waals surface area contributed by atoms with Crippen LogP contribution in [-0.2, 0) is 4.74 Å². The van der Waals surface area contributed by atoms with Gasteiger partial charge in [0, 0.05) is 37.6 Å². The van der Waals surface area contributed by atoms with Crippen LogP contribution >= 0.6 is 0 Å². The molecule has 0 aliphatic carbocycles. The normalized spacial score (nSPS) is 15.1. The monoisotopic (exact) mass is 367 g/mol. The molecule has 0 spiro atoms. The SMILES string of the molecule is COC1CCN(c2ccc(NC(=O)c3cc(-c4ccco4)on3)cc2)CC1. The molecule has 0 atom stereocenters. The number of hydrogen-bond donors (Lipinski definition) is 1. The van der Waals surface area contributed by atoms with Gasteiger partial charge in [-0.1, -0.05) is 5.16 Å². The summed E-state index contributed by atoms with van der Waals surface area (Å²) in [5.74, 6) is 0.619. The Morgan fingerprint density at radius 1 is 1.19 bits per heavy atom. The molecule has 1 aromatic carbocycles. The van der Waals surface area contributed by atoms with Crippen LogP contribution in [-0.4, -0.2) is 37.4 Å². The van der Waals surface area contributed by atoms with E-state index in [-0.39, 0.29) is 11.6 Å². The Bertz CT molecular complexity index is 878. The zero-order chi connectivity index (χ0) is 18.6. The van der Waals surface area contributed by atoms with E-state index in [2.05, 4.69) is 15.4 Å². The van der Waals surface area contributed by atoms with Crippen molar-refractivity contribution in [2.45, 2.75) is 18.9 Å². The first-order valence-corrected chi connectivity index (χ1v) is 8.92. The number of rotatable bonds is 5. The fraction of sp³-hybridized carbons (Fsp3) is 0.300. The van der Waals surface area contributed by atoms with E-state index >= 15 is 0 Å². The zero-order valence-corrected chi connectivity index (χ0v) is 15.1. The average molecular weight is 367 g/mol. The van der Waals surface area contributed by atoms with E-state index in [0.717, 1.165) is 31.6 Å². The Balaban J connectivity index is 1.38. The molecule has 7 nitrogen and oxygen atoms in total. The van der Waals surface area contributed by atoms with Crippen LogP contribution in [0.15, 0.2) is 57.7 Å². The van der Waals surface area contributed by atoms with Crippen molar-refractivity contribution in [3.8, 4) is 11.5 Å². The number of carbonyl (C=O) groups is 1. The van der Waals surface area contributed by atoms with Crippen molar-refractivity contribution < 1.29 is 18.5 Å². The van der Waals surface area contributed by atoms with Crippen molar-refractivity contribution in [3.05, 3.63) is 54.4 Å². The molecule has 0 unspecified atom stereocenters. The maximum Gasteiger partial charge on any atom is 0.277 e. The first-order valence-electron chi connectivity index (χ1n) is 8.92. The van der Waals surface area contributed by atoms with Crippen molar-refractivity contribution >= 4 is 17.3 Å². The molecule has 1 amide bonds. The Kier molecular flexibility index (Phi) is 4.93. The number of carbonyl (C=O) groups excluding carboxylic acids is 1. The van der Waals surface area contributed by atoms with Gasteiger partial charge < -0.3 is 23.9 Å². The number of nitrogens with zero attached hydrogens (tertiary/aromatic N) is 2. The number of ether oxygens (including phenoxy) is 1. The minimum Gasteiger partial charge on any atom is -0.461 e. The number of aromatic nitrogens is 1. The highest BCUT2D eigenvalue weighted by Crippen LogP contribution is 2.24. The fourth-order valence-electron chi connectivity index (χ4n) is 3.22. The molecule has 0 radical (unpaired) electrons. The predicted molar refractivity (Wildman–Crippen MR) is 101 cm³/mol. The molecule has 3 aromatic rings. The van der Waals surface area contributed by atoms with Crippen molar-refractivity contribution in [2.75, 3.05) is 30.4 Å². The second-order valence-electron chi connectivity index (χ2n) is 6.48. The number of anilines is 2. The Morgan fingerprint density at radius 3 is 2.63 bits per heavy atom. The van der Waals surface area contributed by atoms with E-state index < -0.39 is 0 Å². The van der Waals surface area contributed by atoms with Crippen LogP contribution in [0.25, 0.3) is 11.5 Å². The Labute approximate surface area is 156 Å². The number of piperidine rings is 1. The highest BCUT2D eigenvalue weighted by Gasteiger charge is 2.19. The number of furan rings is 1. The van der Waals surface area contributed by atoms with Gasteiger partial charge in [-0.15, -0.1) is 0 Å². The van der Waals surface area contributed by atoms with Crippen molar-refractivity contribution in [1.29, 1.82) is 0 Å². The number of benzene rings is 1. The third kappa shape index (κ3) is 3.88. The lowest BCUT2D eigenvalue weighted by Gasteiger charge is -2.33. The number of methoxy groups -OCH3 is 1. The third-order valence-corrected chi connectivity index (χ3v) is 4.77. The first-order chi connectivity index (χ1) is 13.2. The van der Waals surface area contributed by atoms with Crippen molar-refractivity contribution in [1.82, 2.24) is 5.16 Å². The molecule has 0 saturated carbocycles. The van der Waals surface area contributed by atoms with Crippen LogP contribution < -0.4 is 10.2 Å². The van der Waals surface area contributed by atoms with E-state index in [1.807, 2.05) is 24.3 Å². The summed E-state index contributed by atoms with van der Waals surface area (Å²) in [4.78, 5) is 14.7. The summed E-state index contributed by atoms with van der Waals surface area (Å²) in [6, 6.07) is 12.9. The maximum atomic E-state index is 12.4. The lowest BCUT2D eigenvalue weighted by Crippen LogP contribution is -2.36. The molecule has 1 aliphatic rings. The molecule has 1 saturated heterocycles. The van der Waals surface area contributed by atoms with Gasteiger partial charge in [-0.05, 0) is 49.2 Å². The van der Waals surface area contributed by atoms with Gasteiger partial charge >= 0.3 is 0 Å². The Hall–Kier alpha value is -3.06. The smallest absolute Gasteiger partial charge is 0.277 e. The molecule has 0 bridgehead atoms. The van der Waals surface area contributed by atoms with Crippen molar-refractivity contribution in [2.24, 2.45) is 0 Å². The topological polar surface area (TPSA) is 80.7 Å². The Morgan fingerprint density at radius 2 is 1.96 bits per heavy atom. The molecule has 7 heteroatoms. The van der Waals surface area contributed by atoms with Gasteiger partial charge in [0.2, 0.25) is 5.76 Å². The summed E-state index contributed by atoms with van der Waals surface area (Å²) in [7, 11) is 1.77. The molecule has 4 rings (SSSR count). The summed E-state index contributed by atoms with van der Waals surface area (Å²) < 4.78 is 15.8. The summed E-state index contributed by atoms with van der Waals surface area (Å²) in [6.45, 7) is 1.94. The molecule has 3 heterocycles. The van der Waals surface area contributed by atoms with Gasteiger partial charge in [-0.2, -0.15) is 0 Å². The second-order valence-corrected chi connectivity index (χ2v) is 6.48. The fourth-order valence-corrected chi connectivity index (χ4v) is 3.22.